The second-order valence-corrected chi connectivity index (χ2v) is 12.6. The molecular formula is C43H55N5O. The van der Waals surface area contributed by atoms with Gasteiger partial charge in [-0.15, -0.1) is 0 Å². The van der Waals surface area contributed by atoms with Gasteiger partial charge in [0.15, 0.2) is 0 Å². The van der Waals surface area contributed by atoms with Crippen LogP contribution in [0.15, 0.2) is 146 Å². The van der Waals surface area contributed by atoms with Crippen molar-refractivity contribution < 1.29 is 4.79 Å². The Hall–Kier alpha value is -4.94. The molecule has 1 unspecified atom stereocenters. The van der Waals surface area contributed by atoms with E-state index in [1.54, 1.807) is 12.4 Å². The molecule has 4 N–H and O–H groups in total. The number of aryl methyl sites for hydroxylation is 1. The van der Waals surface area contributed by atoms with Crippen molar-refractivity contribution in [3.63, 3.8) is 0 Å². The Bertz CT molecular complexity index is 1580. The summed E-state index contributed by atoms with van der Waals surface area (Å²) in [6.07, 6.45) is 11.7. The zero-order valence-corrected chi connectivity index (χ0v) is 29.9. The average Bonchev–Trinajstić information content (AvgIpc) is 3.13. The van der Waals surface area contributed by atoms with Crippen LogP contribution in [0.3, 0.4) is 0 Å². The standard InChI is InChI=1S/C30H43N5O.C13H12/c1-6-30(31,7-2)18-11-12-24(3)35(5)23-29(36)34-28(22-27-13-9-8-10-14-27)25(4)33-21-17-26-15-19-32-20-16-26;1-11-7-9-13(10-8-11)12-5-3-2-4-6-12/h8-16,19-20,28,33H,3-4,6-7,17-18,21-23,31H2,1-2,5H3,(H,34,36);2-10H,1H3/b12-11+;. The molecule has 1 atom stereocenters. The molecule has 0 radical (unpaired) electrons. The van der Waals surface area contributed by atoms with Crippen LogP contribution >= 0.6 is 0 Å². The Morgan fingerprint density at radius 2 is 1.47 bits per heavy atom. The van der Waals surface area contributed by atoms with E-state index in [1.165, 1.54) is 22.3 Å². The molecule has 6 heteroatoms. The second kappa shape index (κ2) is 20.4. The van der Waals surface area contributed by atoms with E-state index in [9.17, 15) is 4.79 Å². The van der Waals surface area contributed by atoms with Crippen molar-refractivity contribution in [3.8, 4) is 11.1 Å². The van der Waals surface area contributed by atoms with E-state index in [0.717, 1.165) is 49.2 Å². The minimum atomic E-state index is -0.235. The summed E-state index contributed by atoms with van der Waals surface area (Å²) in [4.78, 5) is 18.9. The van der Waals surface area contributed by atoms with E-state index in [1.807, 2.05) is 54.4 Å². The Balaban J connectivity index is 0.000000412. The van der Waals surface area contributed by atoms with E-state index in [0.29, 0.717) is 6.42 Å². The van der Waals surface area contributed by atoms with Gasteiger partial charge in [-0.25, -0.2) is 0 Å². The monoisotopic (exact) mass is 657 g/mol. The largest absolute Gasteiger partial charge is 0.387 e. The fourth-order valence-electron chi connectivity index (χ4n) is 5.18. The number of rotatable bonds is 17. The van der Waals surface area contributed by atoms with Crippen molar-refractivity contribution in [3.05, 3.63) is 163 Å². The number of hydrogen-bond donors (Lipinski definition) is 3. The number of amides is 1. The van der Waals surface area contributed by atoms with Crippen LogP contribution < -0.4 is 16.4 Å². The Morgan fingerprint density at radius 3 is 2.08 bits per heavy atom. The molecule has 4 aromatic rings. The normalized spacial score (nSPS) is 11.6. The van der Waals surface area contributed by atoms with E-state index in [2.05, 4.69) is 116 Å². The Kier molecular flexibility index (Phi) is 16.1. The van der Waals surface area contributed by atoms with Gasteiger partial charge in [0.1, 0.15) is 0 Å². The minimum Gasteiger partial charge on any atom is -0.387 e. The fraction of sp³-hybridized carbons (Fsp3) is 0.302. The quantitative estimate of drug-likeness (QED) is 0.100. The van der Waals surface area contributed by atoms with Crippen LogP contribution in [0, 0.1) is 6.92 Å². The molecule has 0 saturated heterocycles. The third-order valence-corrected chi connectivity index (χ3v) is 8.83. The topological polar surface area (TPSA) is 83.3 Å². The summed E-state index contributed by atoms with van der Waals surface area (Å²) < 4.78 is 0. The van der Waals surface area contributed by atoms with Crippen molar-refractivity contribution in [2.45, 2.75) is 64.5 Å². The van der Waals surface area contributed by atoms with Crippen molar-refractivity contribution in [2.24, 2.45) is 5.73 Å². The molecule has 258 valence electrons. The highest BCUT2D eigenvalue weighted by Crippen LogP contribution is 2.19. The number of nitrogens with zero attached hydrogens (tertiary/aromatic N) is 2. The molecule has 3 aromatic carbocycles. The number of aromatic nitrogens is 1. The highest BCUT2D eigenvalue weighted by molar-refractivity contribution is 5.79. The molecule has 6 nitrogen and oxygen atoms in total. The summed E-state index contributed by atoms with van der Waals surface area (Å²) in [7, 11) is 1.87. The zero-order chi connectivity index (χ0) is 35.5. The lowest BCUT2D eigenvalue weighted by atomic mass is 9.90. The van der Waals surface area contributed by atoms with Crippen molar-refractivity contribution in [1.82, 2.24) is 20.5 Å². The summed E-state index contributed by atoms with van der Waals surface area (Å²) in [5.74, 6) is -0.0830. The first-order valence-electron chi connectivity index (χ1n) is 17.2. The first-order valence-corrected chi connectivity index (χ1v) is 17.2. The first-order chi connectivity index (χ1) is 23.6. The van der Waals surface area contributed by atoms with Crippen LogP contribution in [0.25, 0.3) is 11.1 Å². The van der Waals surface area contributed by atoms with Crippen LogP contribution in [0.4, 0.5) is 0 Å². The van der Waals surface area contributed by atoms with Crippen LogP contribution in [0.2, 0.25) is 0 Å². The number of allylic oxidation sites excluding steroid dienone is 1. The maximum atomic E-state index is 13.0. The van der Waals surface area contributed by atoms with Crippen LogP contribution in [0.5, 0.6) is 0 Å². The van der Waals surface area contributed by atoms with Crippen LogP contribution in [-0.2, 0) is 17.6 Å². The lowest BCUT2D eigenvalue weighted by Gasteiger charge is -2.26. The molecule has 1 aromatic heterocycles. The van der Waals surface area contributed by atoms with Gasteiger partial charge in [0, 0.05) is 42.9 Å². The predicted octanol–water partition coefficient (Wildman–Crippen LogP) is 8.03. The van der Waals surface area contributed by atoms with Gasteiger partial charge in [-0.1, -0.05) is 124 Å². The molecule has 1 amide bonds. The number of carbonyl (C=O) groups excluding carboxylic acids is 1. The van der Waals surface area contributed by atoms with Gasteiger partial charge >= 0.3 is 0 Å². The number of nitrogens with two attached hydrogens (primary N) is 1. The lowest BCUT2D eigenvalue weighted by Crippen LogP contribution is -2.45. The van der Waals surface area contributed by atoms with Gasteiger partial charge in [-0.3, -0.25) is 9.78 Å². The summed E-state index contributed by atoms with van der Waals surface area (Å²) >= 11 is 0. The molecule has 0 spiro atoms. The molecule has 0 bridgehead atoms. The molecule has 0 fully saturated rings. The number of carbonyl (C=O) groups is 1. The van der Waals surface area contributed by atoms with Gasteiger partial charge in [-0.2, -0.15) is 0 Å². The molecule has 1 heterocycles. The lowest BCUT2D eigenvalue weighted by molar-refractivity contribution is -0.122. The molecule has 0 aliphatic carbocycles. The minimum absolute atomic E-state index is 0.0830. The SMILES string of the molecule is C=C(NCCc1ccncc1)C(Cc1ccccc1)NC(=O)CN(C)C(=C)/C=C/CC(N)(CC)CC.Cc1ccc(-c2ccccc2)cc1. The van der Waals surface area contributed by atoms with Gasteiger partial charge in [0.25, 0.3) is 0 Å². The van der Waals surface area contributed by atoms with Gasteiger partial charge in [0.2, 0.25) is 5.91 Å². The maximum Gasteiger partial charge on any atom is 0.240 e. The summed E-state index contributed by atoms with van der Waals surface area (Å²) in [5, 5.41) is 6.56. The highest BCUT2D eigenvalue weighted by Gasteiger charge is 2.19. The van der Waals surface area contributed by atoms with Crippen molar-refractivity contribution in [1.29, 1.82) is 0 Å². The summed E-state index contributed by atoms with van der Waals surface area (Å²) in [6, 6.07) is 32.9. The van der Waals surface area contributed by atoms with Gasteiger partial charge < -0.3 is 21.3 Å². The van der Waals surface area contributed by atoms with Crippen LogP contribution in [0.1, 0.15) is 49.8 Å². The number of benzene rings is 3. The van der Waals surface area contributed by atoms with E-state index in [4.69, 9.17) is 5.73 Å². The third kappa shape index (κ3) is 14.0. The number of pyridine rings is 1. The fourth-order valence-corrected chi connectivity index (χ4v) is 5.18. The van der Waals surface area contributed by atoms with Crippen LogP contribution in [-0.4, -0.2) is 47.5 Å². The molecule has 4 rings (SSSR count). The summed E-state index contributed by atoms with van der Waals surface area (Å²) in [6.45, 7) is 15.6. The first kappa shape index (κ1) is 38.5. The molecular weight excluding hydrogens is 603 g/mol. The Morgan fingerprint density at radius 1 is 0.878 bits per heavy atom. The van der Waals surface area contributed by atoms with E-state index >= 15 is 0 Å². The maximum absolute atomic E-state index is 13.0. The summed E-state index contributed by atoms with van der Waals surface area (Å²) in [5.41, 5.74) is 14.0. The van der Waals surface area contributed by atoms with E-state index < -0.39 is 0 Å². The molecule has 0 aliphatic rings. The molecule has 0 aliphatic heterocycles. The van der Waals surface area contributed by atoms with E-state index in [-0.39, 0.29) is 24.0 Å². The predicted molar refractivity (Wildman–Crippen MR) is 207 cm³/mol. The number of likely N-dealkylation sites (N-methyl/N-ethyl adjacent to an activating group) is 1. The van der Waals surface area contributed by atoms with Gasteiger partial charge in [-0.05, 0) is 79.5 Å². The average molecular weight is 658 g/mol. The zero-order valence-electron chi connectivity index (χ0n) is 29.9. The number of hydrogen-bond acceptors (Lipinski definition) is 5. The molecule has 0 saturated carbocycles. The molecule has 49 heavy (non-hydrogen) atoms. The Labute approximate surface area is 294 Å². The van der Waals surface area contributed by atoms with Crippen molar-refractivity contribution in [2.75, 3.05) is 20.1 Å². The second-order valence-electron chi connectivity index (χ2n) is 12.6. The third-order valence-electron chi connectivity index (χ3n) is 8.83. The number of nitrogens with one attached hydrogen (secondary N) is 2. The smallest absolute Gasteiger partial charge is 0.240 e. The van der Waals surface area contributed by atoms with Crippen molar-refractivity contribution >= 4 is 5.91 Å². The highest BCUT2D eigenvalue weighted by atomic mass is 16.2. The van der Waals surface area contributed by atoms with Gasteiger partial charge in [0.05, 0.1) is 12.6 Å².